The number of likely N-dealkylation sites (N-methyl/N-ethyl adjacent to an activating group) is 1. The summed E-state index contributed by atoms with van der Waals surface area (Å²) in [6.45, 7) is 2.97. The van der Waals surface area contributed by atoms with Gasteiger partial charge in [-0.15, -0.1) is 12.4 Å². The van der Waals surface area contributed by atoms with E-state index >= 15 is 0 Å². The number of nitrogens with zero attached hydrogens (tertiary/aromatic N) is 1. The molecule has 6 nitrogen and oxygen atoms in total. The summed E-state index contributed by atoms with van der Waals surface area (Å²) in [5.41, 5.74) is 6.24. The third-order valence-corrected chi connectivity index (χ3v) is 3.04. The van der Waals surface area contributed by atoms with Gasteiger partial charge in [0.05, 0.1) is 19.7 Å². The van der Waals surface area contributed by atoms with Crippen molar-refractivity contribution in [3.63, 3.8) is 0 Å². The number of hydrogen-bond donors (Lipinski definition) is 2. The average Bonchev–Trinajstić information content (AvgIpc) is 2.50. The van der Waals surface area contributed by atoms with E-state index in [1.54, 1.807) is 11.9 Å². The summed E-state index contributed by atoms with van der Waals surface area (Å²) in [7, 11) is 1.70. The molecule has 0 saturated carbocycles. The first kappa shape index (κ1) is 20.2. The number of rotatable bonds is 8. The number of nitrogens with one attached hydrogen (secondary N) is 1. The molecule has 0 heterocycles. The number of amides is 2. The van der Waals surface area contributed by atoms with Gasteiger partial charge in [0.15, 0.2) is 0 Å². The summed E-state index contributed by atoms with van der Waals surface area (Å²) in [5.74, 6) is 0.383. The molecule has 0 saturated heterocycles. The van der Waals surface area contributed by atoms with Crippen LogP contribution in [0.1, 0.15) is 12.0 Å². The highest BCUT2D eigenvalue weighted by Gasteiger charge is 2.09. The third-order valence-electron chi connectivity index (χ3n) is 3.04. The number of ether oxygens (including phenoxy) is 1. The molecule has 1 aromatic carbocycles. The standard InChI is InChI=1S/C15H23N3O3.ClH/c1-12-6-3-4-7-13(12)21-9-5-8-18(2)15(20)11-17-14(19)10-16;/h3-4,6-7H,5,8-11,16H2,1-2H3,(H,17,19);1H. The molecule has 22 heavy (non-hydrogen) atoms. The zero-order valence-corrected chi connectivity index (χ0v) is 13.8. The SMILES string of the molecule is Cc1ccccc1OCCCN(C)C(=O)CNC(=O)CN.Cl. The molecule has 0 atom stereocenters. The van der Waals surface area contributed by atoms with E-state index in [2.05, 4.69) is 5.32 Å². The maximum absolute atomic E-state index is 11.7. The molecule has 0 aromatic heterocycles. The van der Waals surface area contributed by atoms with Gasteiger partial charge >= 0.3 is 0 Å². The van der Waals surface area contributed by atoms with E-state index in [-0.39, 0.29) is 37.3 Å². The molecule has 1 aromatic rings. The fourth-order valence-electron chi connectivity index (χ4n) is 1.71. The molecular formula is C15H24ClN3O3. The number of halogens is 1. The zero-order valence-electron chi connectivity index (χ0n) is 13.0. The second kappa shape index (κ2) is 10.9. The smallest absolute Gasteiger partial charge is 0.241 e. The first-order valence-corrected chi connectivity index (χ1v) is 6.93. The van der Waals surface area contributed by atoms with Crippen LogP contribution in [0, 0.1) is 6.92 Å². The van der Waals surface area contributed by atoms with Gasteiger partial charge < -0.3 is 20.7 Å². The second-order valence-corrected chi connectivity index (χ2v) is 4.76. The molecule has 1 rings (SSSR count). The Balaban J connectivity index is 0.00000441. The Morgan fingerprint density at radius 1 is 1.32 bits per heavy atom. The van der Waals surface area contributed by atoms with E-state index in [4.69, 9.17) is 10.5 Å². The lowest BCUT2D eigenvalue weighted by Crippen LogP contribution is -2.40. The van der Waals surface area contributed by atoms with Crippen molar-refractivity contribution in [3.05, 3.63) is 29.8 Å². The molecule has 7 heteroatoms. The lowest BCUT2D eigenvalue weighted by molar-refractivity contribution is -0.131. The molecule has 0 unspecified atom stereocenters. The van der Waals surface area contributed by atoms with E-state index in [1.807, 2.05) is 31.2 Å². The zero-order chi connectivity index (χ0) is 15.7. The fourth-order valence-corrected chi connectivity index (χ4v) is 1.71. The maximum Gasteiger partial charge on any atom is 0.241 e. The molecule has 0 aliphatic rings. The Morgan fingerprint density at radius 2 is 2.00 bits per heavy atom. The number of benzene rings is 1. The quantitative estimate of drug-likeness (QED) is 0.688. The molecule has 0 spiro atoms. The van der Waals surface area contributed by atoms with Gasteiger partial charge in [0.25, 0.3) is 0 Å². The monoisotopic (exact) mass is 329 g/mol. The predicted molar refractivity (Wildman–Crippen MR) is 88.2 cm³/mol. The lowest BCUT2D eigenvalue weighted by atomic mass is 10.2. The van der Waals surface area contributed by atoms with Crippen molar-refractivity contribution >= 4 is 24.2 Å². The number of para-hydroxylation sites is 1. The Bertz CT molecular complexity index is 483. The van der Waals surface area contributed by atoms with Crippen molar-refractivity contribution in [1.82, 2.24) is 10.2 Å². The summed E-state index contributed by atoms with van der Waals surface area (Å²) in [6, 6.07) is 7.81. The van der Waals surface area contributed by atoms with Gasteiger partial charge in [0.2, 0.25) is 11.8 Å². The van der Waals surface area contributed by atoms with Crippen molar-refractivity contribution in [3.8, 4) is 5.75 Å². The van der Waals surface area contributed by atoms with Gasteiger partial charge in [0.1, 0.15) is 5.75 Å². The summed E-state index contributed by atoms with van der Waals surface area (Å²) in [5, 5.41) is 2.45. The highest BCUT2D eigenvalue weighted by Crippen LogP contribution is 2.16. The molecule has 0 bridgehead atoms. The average molecular weight is 330 g/mol. The first-order chi connectivity index (χ1) is 10.0. The Hall–Kier alpha value is -1.79. The van der Waals surface area contributed by atoms with Crippen LogP contribution >= 0.6 is 12.4 Å². The van der Waals surface area contributed by atoms with Gasteiger partial charge in [-0.2, -0.15) is 0 Å². The van der Waals surface area contributed by atoms with E-state index in [0.29, 0.717) is 13.2 Å². The van der Waals surface area contributed by atoms with E-state index < -0.39 is 0 Å². The van der Waals surface area contributed by atoms with Crippen LogP contribution in [0.3, 0.4) is 0 Å². The minimum absolute atomic E-state index is 0. The summed E-state index contributed by atoms with van der Waals surface area (Å²) >= 11 is 0. The molecule has 124 valence electrons. The van der Waals surface area contributed by atoms with Gasteiger partial charge in [-0.25, -0.2) is 0 Å². The number of hydrogen-bond acceptors (Lipinski definition) is 4. The Morgan fingerprint density at radius 3 is 2.64 bits per heavy atom. The van der Waals surface area contributed by atoms with Crippen molar-refractivity contribution in [2.45, 2.75) is 13.3 Å². The van der Waals surface area contributed by atoms with Crippen LogP contribution in [0.2, 0.25) is 0 Å². The van der Waals surface area contributed by atoms with Crippen LogP contribution in [0.5, 0.6) is 5.75 Å². The topological polar surface area (TPSA) is 84.7 Å². The molecule has 2 amide bonds. The number of carbonyl (C=O) groups is 2. The number of carbonyl (C=O) groups excluding carboxylic acids is 2. The van der Waals surface area contributed by atoms with Crippen LogP contribution in [0.25, 0.3) is 0 Å². The molecular weight excluding hydrogens is 306 g/mol. The highest BCUT2D eigenvalue weighted by atomic mass is 35.5. The minimum atomic E-state index is -0.334. The Labute approximate surface area is 137 Å². The van der Waals surface area contributed by atoms with E-state index in [9.17, 15) is 9.59 Å². The van der Waals surface area contributed by atoms with Crippen LogP contribution in [0.15, 0.2) is 24.3 Å². The van der Waals surface area contributed by atoms with E-state index in [1.165, 1.54) is 0 Å². The second-order valence-electron chi connectivity index (χ2n) is 4.76. The predicted octanol–water partition coefficient (Wildman–Crippen LogP) is 0.719. The van der Waals surface area contributed by atoms with E-state index in [0.717, 1.165) is 17.7 Å². The first-order valence-electron chi connectivity index (χ1n) is 6.93. The van der Waals surface area contributed by atoms with Crippen molar-refractivity contribution in [1.29, 1.82) is 0 Å². The normalized spacial score (nSPS) is 9.59. The van der Waals surface area contributed by atoms with Crippen molar-refractivity contribution in [2.24, 2.45) is 5.73 Å². The summed E-state index contributed by atoms with van der Waals surface area (Å²) in [4.78, 5) is 24.2. The molecule has 0 radical (unpaired) electrons. The Kier molecular flexibility index (Phi) is 9.98. The van der Waals surface area contributed by atoms with Gasteiger partial charge in [-0.3, -0.25) is 9.59 Å². The number of nitrogens with two attached hydrogens (primary N) is 1. The maximum atomic E-state index is 11.7. The van der Waals surface area contributed by atoms with Crippen molar-refractivity contribution < 1.29 is 14.3 Å². The third kappa shape index (κ3) is 7.28. The van der Waals surface area contributed by atoms with Gasteiger partial charge in [0, 0.05) is 13.6 Å². The summed E-state index contributed by atoms with van der Waals surface area (Å²) < 4.78 is 5.66. The van der Waals surface area contributed by atoms with Crippen LogP contribution in [-0.2, 0) is 9.59 Å². The number of aryl methyl sites for hydroxylation is 1. The highest BCUT2D eigenvalue weighted by molar-refractivity contribution is 5.85. The largest absolute Gasteiger partial charge is 0.493 e. The summed E-state index contributed by atoms with van der Waals surface area (Å²) in [6.07, 6.45) is 0.724. The van der Waals surface area contributed by atoms with Gasteiger partial charge in [-0.05, 0) is 25.0 Å². The lowest BCUT2D eigenvalue weighted by Gasteiger charge is -2.17. The molecule has 3 N–H and O–H groups in total. The van der Waals surface area contributed by atoms with Crippen LogP contribution < -0.4 is 15.8 Å². The molecule has 0 aliphatic heterocycles. The minimum Gasteiger partial charge on any atom is -0.493 e. The molecule has 0 aliphatic carbocycles. The molecule has 0 fully saturated rings. The fraction of sp³-hybridized carbons (Fsp3) is 0.467. The van der Waals surface area contributed by atoms with Crippen LogP contribution in [0.4, 0.5) is 0 Å². The van der Waals surface area contributed by atoms with Gasteiger partial charge in [-0.1, -0.05) is 18.2 Å². The van der Waals surface area contributed by atoms with Crippen molar-refractivity contribution in [2.75, 3.05) is 33.3 Å². The van der Waals surface area contributed by atoms with Crippen LogP contribution in [-0.4, -0.2) is 50.0 Å².